The Kier molecular flexibility index (Phi) is 5.51. The zero-order valence-electron chi connectivity index (χ0n) is 15.2. The van der Waals surface area contributed by atoms with Crippen LogP contribution in [-0.2, 0) is 4.79 Å². The van der Waals surface area contributed by atoms with Gasteiger partial charge in [0.05, 0.1) is 17.6 Å². The van der Waals surface area contributed by atoms with Crippen LogP contribution in [0.15, 0.2) is 29.9 Å². The number of nitrogens with zero attached hydrogens (tertiary/aromatic N) is 4. The molecule has 0 aliphatic carbocycles. The van der Waals surface area contributed by atoms with Crippen LogP contribution in [0, 0.1) is 0 Å². The first-order valence-electron chi connectivity index (χ1n) is 8.60. The zero-order valence-corrected chi connectivity index (χ0v) is 16.0. The first-order valence-corrected chi connectivity index (χ1v) is 9.48. The van der Waals surface area contributed by atoms with Crippen molar-refractivity contribution in [2.75, 3.05) is 25.5 Å². The minimum absolute atomic E-state index is 0.0238. The average molecular weight is 373 g/mol. The first kappa shape index (κ1) is 18.3. The highest BCUT2D eigenvalue weighted by Gasteiger charge is 2.30. The van der Waals surface area contributed by atoms with Crippen molar-refractivity contribution in [1.82, 2.24) is 19.8 Å². The monoisotopic (exact) mass is 373 g/mol. The molecular formula is C18H23N5O2S. The van der Waals surface area contributed by atoms with E-state index in [1.807, 2.05) is 18.4 Å². The van der Waals surface area contributed by atoms with Crippen molar-refractivity contribution >= 4 is 29.0 Å². The van der Waals surface area contributed by atoms with Gasteiger partial charge in [-0.15, -0.1) is 11.3 Å². The summed E-state index contributed by atoms with van der Waals surface area (Å²) >= 11 is 1.59. The highest BCUT2D eigenvalue weighted by Crippen LogP contribution is 2.21. The van der Waals surface area contributed by atoms with Crippen molar-refractivity contribution in [3.63, 3.8) is 0 Å². The predicted octanol–water partition coefficient (Wildman–Crippen LogP) is 2.40. The molecule has 8 heteroatoms. The predicted molar refractivity (Wildman–Crippen MR) is 101 cm³/mol. The molecule has 3 heterocycles. The van der Waals surface area contributed by atoms with Gasteiger partial charge in [-0.25, -0.2) is 9.97 Å². The number of carbonyl (C=O) groups is 2. The second-order valence-electron chi connectivity index (χ2n) is 6.49. The van der Waals surface area contributed by atoms with Crippen LogP contribution in [0.4, 0.5) is 5.82 Å². The Morgan fingerprint density at radius 2 is 2.19 bits per heavy atom. The summed E-state index contributed by atoms with van der Waals surface area (Å²) in [4.78, 5) is 36.3. The summed E-state index contributed by atoms with van der Waals surface area (Å²) in [6.45, 7) is 4.79. The number of nitrogens with one attached hydrogen (secondary N) is 1. The number of hydrogen-bond donors (Lipinski definition) is 1. The number of likely N-dealkylation sites (tertiary alicyclic amines) is 1. The molecule has 3 rings (SSSR count). The molecule has 0 bridgehead atoms. The van der Waals surface area contributed by atoms with Gasteiger partial charge in [-0.05, 0) is 25.5 Å². The molecule has 1 aliphatic rings. The van der Waals surface area contributed by atoms with E-state index in [-0.39, 0.29) is 23.9 Å². The molecular weight excluding hydrogens is 350 g/mol. The Morgan fingerprint density at radius 1 is 1.38 bits per heavy atom. The third-order valence-corrected chi connectivity index (χ3v) is 5.65. The molecule has 0 radical (unpaired) electrons. The van der Waals surface area contributed by atoms with Gasteiger partial charge in [0.15, 0.2) is 0 Å². The molecule has 0 unspecified atom stereocenters. The average Bonchev–Trinajstić information content (AvgIpc) is 3.33. The number of hydrogen-bond acceptors (Lipinski definition) is 6. The number of rotatable bonds is 5. The Labute approximate surface area is 157 Å². The standard InChI is InChI=1S/C18H23N5O2S/c1-12(17-19-7-9-26-17)21-16-5-4-14(10-20-16)18(25)23-8-6-15(11-23)22(3)13(2)24/h4-5,7,9-10,12,15H,6,8,11H2,1-3H3,(H,20,21)/t12-,15-/m0/s1. The molecule has 2 aromatic rings. The summed E-state index contributed by atoms with van der Waals surface area (Å²) in [5, 5.41) is 6.21. The van der Waals surface area contributed by atoms with E-state index in [1.165, 1.54) is 0 Å². The van der Waals surface area contributed by atoms with Crippen molar-refractivity contribution in [2.45, 2.75) is 32.4 Å². The van der Waals surface area contributed by atoms with Gasteiger partial charge < -0.3 is 15.1 Å². The quantitative estimate of drug-likeness (QED) is 0.871. The van der Waals surface area contributed by atoms with E-state index in [2.05, 4.69) is 15.3 Å². The molecule has 1 fully saturated rings. The fourth-order valence-corrected chi connectivity index (χ4v) is 3.67. The SMILES string of the molecule is CC(=O)N(C)[C@H]1CCN(C(=O)c2ccc(N[C@@H](C)c3nccs3)nc2)C1. The number of aromatic nitrogens is 2. The maximum absolute atomic E-state index is 12.7. The molecule has 1 aliphatic heterocycles. The maximum atomic E-state index is 12.7. The lowest BCUT2D eigenvalue weighted by atomic mass is 10.2. The normalized spacial score (nSPS) is 17.8. The summed E-state index contributed by atoms with van der Waals surface area (Å²) in [6.07, 6.45) is 4.18. The molecule has 0 saturated carbocycles. The van der Waals surface area contributed by atoms with Gasteiger partial charge >= 0.3 is 0 Å². The van der Waals surface area contributed by atoms with Crippen LogP contribution in [0.3, 0.4) is 0 Å². The zero-order chi connectivity index (χ0) is 18.7. The van der Waals surface area contributed by atoms with Gasteiger partial charge in [0.2, 0.25) is 5.91 Å². The molecule has 0 spiro atoms. The molecule has 1 saturated heterocycles. The van der Waals surface area contributed by atoms with E-state index >= 15 is 0 Å². The number of carbonyl (C=O) groups excluding carboxylic acids is 2. The second kappa shape index (κ2) is 7.82. The lowest BCUT2D eigenvalue weighted by molar-refractivity contribution is -0.129. The molecule has 2 atom stereocenters. The third-order valence-electron chi connectivity index (χ3n) is 4.69. The topological polar surface area (TPSA) is 78.4 Å². The maximum Gasteiger partial charge on any atom is 0.255 e. The molecule has 138 valence electrons. The fourth-order valence-electron chi connectivity index (χ4n) is 3.02. The largest absolute Gasteiger partial charge is 0.361 e. The lowest BCUT2D eigenvalue weighted by Crippen LogP contribution is -2.38. The summed E-state index contributed by atoms with van der Waals surface area (Å²) in [5.74, 6) is 0.687. The summed E-state index contributed by atoms with van der Waals surface area (Å²) in [5.41, 5.74) is 0.559. The number of likely N-dealkylation sites (N-methyl/N-ethyl adjacent to an activating group) is 1. The highest BCUT2D eigenvalue weighted by atomic mass is 32.1. The van der Waals surface area contributed by atoms with Crippen LogP contribution in [0.5, 0.6) is 0 Å². The van der Waals surface area contributed by atoms with Crippen LogP contribution in [-0.4, -0.2) is 57.8 Å². The Balaban J connectivity index is 1.60. The van der Waals surface area contributed by atoms with Crippen molar-refractivity contribution in [1.29, 1.82) is 0 Å². The van der Waals surface area contributed by atoms with Crippen LogP contribution in [0.2, 0.25) is 0 Å². The summed E-state index contributed by atoms with van der Waals surface area (Å²) in [6, 6.07) is 3.75. The lowest BCUT2D eigenvalue weighted by Gasteiger charge is -2.23. The van der Waals surface area contributed by atoms with E-state index in [1.54, 1.807) is 53.6 Å². The first-order chi connectivity index (χ1) is 12.5. The van der Waals surface area contributed by atoms with Crippen LogP contribution in [0.25, 0.3) is 0 Å². The minimum Gasteiger partial charge on any atom is -0.361 e. The van der Waals surface area contributed by atoms with Gasteiger partial charge in [0, 0.05) is 44.8 Å². The Bertz CT molecular complexity index is 762. The van der Waals surface area contributed by atoms with Crippen molar-refractivity contribution in [3.05, 3.63) is 40.5 Å². The molecule has 1 N–H and O–H groups in total. The van der Waals surface area contributed by atoms with E-state index in [4.69, 9.17) is 0 Å². The number of anilines is 1. The Morgan fingerprint density at radius 3 is 2.81 bits per heavy atom. The van der Waals surface area contributed by atoms with Gasteiger partial charge in [0.1, 0.15) is 10.8 Å². The van der Waals surface area contributed by atoms with Gasteiger partial charge in [-0.3, -0.25) is 9.59 Å². The van der Waals surface area contributed by atoms with Crippen LogP contribution in [0.1, 0.15) is 41.7 Å². The molecule has 2 amide bonds. The number of thiazole rings is 1. The molecule has 0 aromatic carbocycles. The van der Waals surface area contributed by atoms with Gasteiger partial charge in [0.25, 0.3) is 5.91 Å². The minimum atomic E-state index is -0.0449. The smallest absolute Gasteiger partial charge is 0.255 e. The third kappa shape index (κ3) is 4.01. The van der Waals surface area contributed by atoms with Crippen molar-refractivity contribution in [3.8, 4) is 0 Å². The second-order valence-corrected chi connectivity index (χ2v) is 7.42. The van der Waals surface area contributed by atoms with Crippen LogP contribution < -0.4 is 5.32 Å². The molecule has 2 aromatic heterocycles. The van der Waals surface area contributed by atoms with E-state index in [0.717, 1.165) is 11.4 Å². The van der Waals surface area contributed by atoms with Crippen molar-refractivity contribution < 1.29 is 9.59 Å². The van der Waals surface area contributed by atoms with Gasteiger partial charge in [-0.1, -0.05) is 0 Å². The molecule has 26 heavy (non-hydrogen) atoms. The van der Waals surface area contributed by atoms with E-state index < -0.39 is 0 Å². The van der Waals surface area contributed by atoms with E-state index in [9.17, 15) is 9.59 Å². The fraction of sp³-hybridized carbons (Fsp3) is 0.444. The number of amides is 2. The van der Waals surface area contributed by atoms with Crippen LogP contribution >= 0.6 is 11.3 Å². The summed E-state index contributed by atoms with van der Waals surface area (Å²) < 4.78 is 0. The molecule has 7 nitrogen and oxygen atoms in total. The van der Waals surface area contributed by atoms with E-state index in [0.29, 0.717) is 24.5 Å². The highest BCUT2D eigenvalue weighted by molar-refractivity contribution is 7.09. The van der Waals surface area contributed by atoms with Crippen molar-refractivity contribution in [2.24, 2.45) is 0 Å². The van der Waals surface area contributed by atoms with Gasteiger partial charge in [-0.2, -0.15) is 0 Å². The number of pyridine rings is 1. The summed E-state index contributed by atoms with van der Waals surface area (Å²) in [7, 11) is 1.78. The Hall–Kier alpha value is -2.48.